The fourth-order valence-electron chi connectivity index (χ4n) is 9.54. The Kier molecular flexibility index (Phi) is 6.80. The maximum Gasteiger partial charge on any atom is 0.225 e. The number of aromatic nitrogens is 1. The van der Waals surface area contributed by atoms with Gasteiger partial charge >= 0.3 is 0 Å². The smallest absolute Gasteiger partial charge is 0.225 e. The largest absolute Gasteiger partial charge is 0.393 e. The molecule has 4 aliphatic rings. The number of hydrogen-bond acceptors (Lipinski definition) is 4. The molecule has 0 aliphatic heterocycles. The second kappa shape index (κ2) is 9.45. The van der Waals surface area contributed by atoms with Crippen molar-refractivity contribution in [2.75, 3.05) is 5.32 Å². The molecule has 1 aromatic heterocycles. The molecule has 0 bridgehead atoms. The van der Waals surface area contributed by atoms with Crippen LogP contribution in [0.3, 0.4) is 0 Å². The topological polar surface area (TPSA) is 82.5 Å². The van der Waals surface area contributed by atoms with E-state index in [0.29, 0.717) is 47.7 Å². The minimum atomic E-state index is -0.267. The number of carbonyl (C=O) groups is 1. The van der Waals surface area contributed by atoms with Gasteiger partial charge in [-0.2, -0.15) is 0 Å². The first-order chi connectivity index (χ1) is 16.6. The van der Waals surface area contributed by atoms with Crippen LogP contribution in [0.2, 0.25) is 0 Å². The number of rotatable bonds is 5. The van der Waals surface area contributed by atoms with E-state index >= 15 is 0 Å². The van der Waals surface area contributed by atoms with Crippen molar-refractivity contribution in [2.24, 2.45) is 46.3 Å². The first-order valence-corrected chi connectivity index (χ1v) is 14.2. The third-order valence-corrected chi connectivity index (χ3v) is 11.5. The molecule has 0 aromatic carbocycles. The number of nitrogens with one attached hydrogen (secondary N) is 1. The van der Waals surface area contributed by atoms with Gasteiger partial charge in [0.1, 0.15) is 5.82 Å². The zero-order chi connectivity index (χ0) is 25.0. The molecule has 4 fully saturated rings. The van der Waals surface area contributed by atoms with E-state index in [4.69, 9.17) is 0 Å². The zero-order valence-electron chi connectivity index (χ0n) is 22.2. The lowest BCUT2D eigenvalue weighted by Gasteiger charge is -2.62. The second-order valence-electron chi connectivity index (χ2n) is 13.1. The van der Waals surface area contributed by atoms with Crippen molar-refractivity contribution >= 4 is 11.7 Å². The van der Waals surface area contributed by atoms with Gasteiger partial charge < -0.3 is 15.5 Å². The molecule has 0 saturated heterocycles. The molecule has 4 aliphatic carbocycles. The highest BCUT2D eigenvalue weighted by molar-refractivity contribution is 5.89. The van der Waals surface area contributed by atoms with Gasteiger partial charge in [0.15, 0.2) is 0 Å². The summed E-state index contributed by atoms with van der Waals surface area (Å²) in [4.78, 5) is 17.0. The molecule has 0 spiro atoms. The number of anilines is 1. The monoisotopic (exact) mass is 482 g/mol. The quantitative estimate of drug-likeness (QED) is 0.500. The van der Waals surface area contributed by atoms with Gasteiger partial charge in [0.05, 0.1) is 12.2 Å². The molecule has 0 radical (unpaired) electrons. The fraction of sp³-hybridized carbons (Fsp3) is 0.800. The molecule has 1 aromatic rings. The van der Waals surface area contributed by atoms with Gasteiger partial charge in [-0.25, -0.2) is 4.98 Å². The molecule has 4 saturated carbocycles. The lowest BCUT2D eigenvalue weighted by molar-refractivity contribution is -0.174. The predicted molar refractivity (Wildman–Crippen MR) is 139 cm³/mol. The average Bonchev–Trinajstić information content (AvgIpc) is 3.17. The van der Waals surface area contributed by atoms with E-state index in [1.165, 1.54) is 25.7 Å². The van der Waals surface area contributed by atoms with Crippen LogP contribution in [-0.2, 0) is 4.79 Å². The van der Waals surface area contributed by atoms with E-state index in [-0.39, 0.29) is 28.9 Å². The first-order valence-electron chi connectivity index (χ1n) is 14.2. The summed E-state index contributed by atoms with van der Waals surface area (Å²) in [6, 6.07) is 5.69. The number of aliphatic hydroxyl groups is 2. The highest BCUT2D eigenvalue weighted by atomic mass is 16.3. The maximum atomic E-state index is 12.6. The number of fused-ring (bicyclic) bond motifs is 5. The third kappa shape index (κ3) is 4.35. The molecule has 35 heavy (non-hydrogen) atoms. The van der Waals surface area contributed by atoms with Crippen LogP contribution in [0.5, 0.6) is 0 Å². The summed E-state index contributed by atoms with van der Waals surface area (Å²) in [7, 11) is 0. The number of aliphatic hydroxyl groups excluding tert-OH is 2. The SMILES string of the molecule is Cc1cccc(NC(=O)CC[C@@H](C)[C@H]2CC[C@H]3[C@@H]4CC[C@@H]5C[C@H](O)CC[C@]5(C)[C@H]4C[C@H](O)[C@]23C)n1. The highest BCUT2D eigenvalue weighted by Gasteiger charge is 2.63. The molecule has 194 valence electrons. The minimum Gasteiger partial charge on any atom is -0.393 e. The number of pyridine rings is 1. The Morgan fingerprint density at radius 2 is 1.91 bits per heavy atom. The molecule has 5 nitrogen and oxygen atoms in total. The van der Waals surface area contributed by atoms with Gasteiger partial charge in [-0.05, 0) is 123 Å². The van der Waals surface area contributed by atoms with E-state index in [9.17, 15) is 15.0 Å². The van der Waals surface area contributed by atoms with Crippen LogP contribution in [0.1, 0.15) is 90.7 Å². The van der Waals surface area contributed by atoms with Crippen molar-refractivity contribution in [3.63, 3.8) is 0 Å². The van der Waals surface area contributed by atoms with Crippen molar-refractivity contribution in [1.82, 2.24) is 4.98 Å². The van der Waals surface area contributed by atoms with Crippen molar-refractivity contribution in [2.45, 2.75) is 104 Å². The normalized spacial score (nSPS) is 43.5. The summed E-state index contributed by atoms with van der Waals surface area (Å²) in [6.07, 6.45) is 9.75. The van der Waals surface area contributed by atoms with Crippen LogP contribution in [0, 0.1) is 53.3 Å². The van der Waals surface area contributed by atoms with E-state index in [1.54, 1.807) is 0 Å². The fourth-order valence-corrected chi connectivity index (χ4v) is 9.54. The molecular formula is C30H46N2O3. The summed E-state index contributed by atoms with van der Waals surface area (Å²) >= 11 is 0. The van der Waals surface area contributed by atoms with E-state index in [0.717, 1.165) is 37.8 Å². The van der Waals surface area contributed by atoms with Crippen molar-refractivity contribution in [3.05, 3.63) is 23.9 Å². The number of amides is 1. The number of carbonyl (C=O) groups excluding carboxylic acids is 1. The molecule has 5 heteroatoms. The minimum absolute atomic E-state index is 0.0321. The Labute approximate surface area is 211 Å². The predicted octanol–water partition coefficient (Wildman–Crippen LogP) is 5.74. The van der Waals surface area contributed by atoms with Gasteiger partial charge in [0.25, 0.3) is 0 Å². The van der Waals surface area contributed by atoms with Gasteiger partial charge in [-0.15, -0.1) is 0 Å². The van der Waals surface area contributed by atoms with Crippen molar-refractivity contribution in [1.29, 1.82) is 0 Å². The van der Waals surface area contributed by atoms with E-state index in [2.05, 4.69) is 31.1 Å². The average molecular weight is 483 g/mol. The molecule has 0 unspecified atom stereocenters. The van der Waals surface area contributed by atoms with Gasteiger partial charge in [0, 0.05) is 12.1 Å². The molecule has 5 rings (SSSR count). The van der Waals surface area contributed by atoms with Crippen LogP contribution in [0.25, 0.3) is 0 Å². The number of nitrogens with zero attached hydrogens (tertiary/aromatic N) is 1. The number of hydrogen-bond donors (Lipinski definition) is 3. The Morgan fingerprint density at radius 1 is 1.11 bits per heavy atom. The summed E-state index contributed by atoms with van der Waals surface area (Å²) < 4.78 is 0. The lowest BCUT2D eigenvalue weighted by Crippen LogP contribution is -2.58. The Morgan fingerprint density at radius 3 is 2.69 bits per heavy atom. The van der Waals surface area contributed by atoms with Crippen LogP contribution >= 0.6 is 0 Å². The van der Waals surface area contributed by atoms with Crippen LogP contribution < -0.4 is 5.32 Å². The molecule has 3 N–H and O–H groups in total. The third-order valence-electron chi connectivity index (χ3n) is 11.5. The highest BCUT2D eigenvalue weighted by Crippen LogP contribution is 2.68. The summed E-state index contributed by atoms with van der Waals surface area (Å²) in [6.45, 7) is 9.09. The van der Waals surface area contributed by atoms with Crippen LogP contribution in [-0.4, -0.2) is 33.3 Å². The van der Waals surface area contributed by atoms with E-state index in [1.807, 2.05) is 25.1 Å². The van der Waals surface area contributed by atoms with Crippen LogP contribution in [0.15, 0.2) is 18.2 Å². The van der Waals surface area contributed by atoms with Gasteiger partial charge in [-0.1, -0.05) is 26.8 Å². The van der Waals surface area contributed by atoms with Crippen molar-refractivity contribution in [3.8, 4) is 0 Å². The molecule has 1 amide bonds. The maximum absolute atomic E-state index is 12.6. The Bertz CT molecular complexity index is 936. The summed E-state index contributed by atoms with van der Waals surface area (Å²) in [5.74, 6) is 4.01. The van der Waals surface area contributed by atoms with Crippen LogP contribution in [0.4, 0.5) is 5.82 Å². The van der Waals surface area contributed by atoms with E-state index < -0.39 is 0 Å². The summed E-state index contributed by atoms with van der Waals surface area (Å²) in [5, 5.41) is 25.0. The summed E-state index contributed by atoms with van der Waals surface area (Å²) in [5.41, 5.74) is 1.13. The van der Waals surface area contributed by atoms with Gasteiger partial charge in [-0.3, -0.25) is 4.79 Å². The molecule has 10 atom stereocenters. The van der Waals surface area contributed by atoms with Gasteiger partial charge in [0.2, 0.25) is 5.91 Å². The Balaban J connectivity index is 1.25. The first kappa shape index (κ1) is 25.2. The standard InChI is InChI=1S/C30H46N2O3/c1-18(8-13-28(35)32-27-7-5-6-19(2)31-27)23-11-12-24-22-10-9-20-16-21(33)14-15-29(20,3)25(22)17-26(34)30(23,24)4/h5-7,18,20-26,33-34H,8-17H2,1-4H3,(H,31,32,35)/t18-,20-,21-,22+,23-,24+,25+,26+,29+,30-/m1/s1. The zero-order valence-corrected chi connectivity index (χ0v) is 22.2. The lowest BCUT2D eigenvalue weighted by atomic mass is 9.43. The molecule has 1 heterocycles. The second-order valence-corrected chi connectivity index (χ2v) is 13.1. The number of aryl methyl sites for hydroxylation is 1. The Hall–Kier alpha value is -1.46. The molecular weight excluding hydrogens is 436 g/mol. The van der Waals surface area contributed by atoms with Crippen molar-refractivity contribution < 1.29 is 15.0 Å².